The Morgan fingerprint density at radius 2 is 0.800 bits per heavy atom. The maximum Gasteiger partial charge on any atom is 0.159 e. The fourth-order valence-corrected chi connectivity index (χ4v) is 25.6. The number of H-pyrrole nitrogens is 1. The number of hydrogen-bond donors (Lipinski definition) is 7. The zero-order chi connectivity index (χ0) is 72.0. The van der Waals surface area contributed by atoms with E-state index in [-0.39, 0.29) is 34.0 Å². The second kappa shape index (κ2) is 37.0. The predicted octanol–water partition coefficient (Wildman–Crippen LogP) is 14.2. The number of carbonyl (C=O) groups is 3. The van der Waals surface area contributed by atoms with Crippen molar-refractivity contribution in [2.24, 2.45) is 123 Å². The van der Waals surface area contributed by atoms with E-state index in [1.165, 1.54) is 103 Å². The Morgan fingerprint density at radius 1 is 0.450 bits per heavy atom. The summed E-state index contributed by atoms with van der Waals surface area (Å²) in [6, 6.07) is 0. The van der Waals surface area contributed by atoms with Crippen LogP contribution >= 0.6 is 53.8 Å². The van der Waals surface area contributed by atoms with E-state index in [9.17, 15) is 29.7 Å². The highest BCUT2D eigenvalue weighted by atomic mass is 79.9. The van der Waals surface area contributed by atoms with E-state index in [2.05, 4.69) is 111 Å². The maximum absolute atomic E-state index is 13.2. The van der Waals surface area contributed by atoms with Crippen molar-refractivity contribution < 1.29 is 43.9 Å². The molecule has 15 rings (SSSR count). The molecule has 566 valence electrons. The van der Waals surface area contributed by atoms with Crippen LogP contribution in [0.3, 0.4) is 0 Å². The first kappa shape index (κ1) is 81.8. The summed E-state index contributed by atoms with van der Waals surface area (Å²) in [5.41, 5.74) is -1.28. The number of aromatic amines is 1. The quantitative estimate of drug-likeness (QED) is 0.0491. The molecule has 100 heavy (non-hydrogen) atoms. The van der Waals surface area contributed by atoms with Crippen molar-refractivity contribution in [1.82, 2.24) is 45.4 Å². The van der Waals surface area contributed by atoms with Crippen LogP contribution in [0.5, 0.6) is 0 Å². The molecule has 0 radical (unpaired) electrons. The monoisotopic (exact) mass is 1510 g/mol. The summed E-state index contributed by atoms with van der Waals surface area (Å²) in [4.78, 5) is 40.4. The van der Waals surface area contributed by atoms with E-state index < -0.39 is 16.8 Å². The van der Waals surface area contributed by atoms with E-state index in [4.69, 9.17) is 14.2 Å². The zero-order valence-electron chi connectivity index (χ0n) is 62.4. The van der Waals surface area contributed by atoms with Crippen molar-refractivity contribution in [1.29, 1.82) is 0 Å². The van der Waals surface area contributed by atoms with Gasteiger partial charge in [-0.3, -0.25) is 14.4 Å². The highest BCUT2D eigenvalue weighted by molar-refractivity contribution is 9.09. The maximum atomic E-state index is 13.2. The van der Waals surface area contributed by atoms with Crippen LogP contribution in [0.4, 0.5) is 0 Å². The number of nitrogens with one attached hydrogen (secondary N) is 1. The summed E-state index contributed by atoms with van der Waals surface area (Å²) in [6.45, 7) is 17.5. The van der Waals surface area contributed by atoms with Crippen LogP contribution in [0.1, 0.15) is 215 Å². The van der Waals surface area contributed by atoms with Crippen molar-refractivity contribution in [2.75, 3.05) is 63.7 Å². The van der Waals surface area contributed by atoms with Gasteiger partial charge in [-0.1, -0.05) is 41.9 Å². The number of fused-ring (bicyclic) bond motifs is 15. The Morgan fingerprint density at radius 3 is 1.12 bits per heavy atom. The van der Waals surface area contributed by atoms with Crippen molar-refractivity contribution in [2.45, 2.75) is 245 Å². The Kier molecular flexibility index (Phi) is 30.3. The molecule has 12 aliphatic carbocycles. The molecule has 3 aromatic heterocycles. The molecule has 0 bridgehead atoms. The third-order valence-corrected chi connectivity index (χ3v) is 29.8. The van der Waals surface area contributed by atoms with Crippen LogP contribution in [-0.4, -0.2) is 159 Å². The summed E-state index contributed by atoms with van der Waals surface area (Å²) in [6.07, 6.45) is 45.8. The lowest BCUT2D eigenvalue weighted by Gasteiger charge is -2.57. The van der Waals surface area contributed by atoms with Crippen LogP contribution in [0.15, 0.2) is 37.2 Å². The minimum atomic E-state index is -0.612. The smallest absolute Gasteiger partial charge is 0.159 e. The molecule has 0 spiro atoms. The van der Waals surface area contributed by atoms with Crippen LogP contribution in [0.2, 0.25) is 0 Å². The Labute approximate surface area is 625 Å². The number of aromatic nitrogens is 9. The first-order valence-corrected chi connectivity index (χ1v) is 43.0. The van der Waals surface area contributed by atoms with Crippen molar-refractivity contribution in [3.05, 3.63) is 37.2 Å². The second-order valence-corrected chi connectivity index (χ2v) is 34.1. The highest BCUT2D eigenvalue weighted by Gasteiger charge is 2.63. The normalized spacial score (nSPS) is 41.4. The Balaban J connectivity index is 0.000000163. The molecule has 4 N–H and O–H groups in total. The van der Waals surface area contributed by atoms with Crippen LogP contribution in [0.25, 0.3) is 0 Å². The number of aliphatic hydroxyl groups is 3. The van der Waals surface area contributed by atoms with E-state index in [1.54, 1.807) is 65.4 Å². The van der Waals surface area contributed by atoms with E-state index in [0.29, 0.717) is 105 Å². The summed E-state index contributed by atoms with van der Waals surface area (Å²) in [5.74, 6) is 12.9. The van der Waals surface area contributed by atoms with E-state index in [1.807, 2.05) is 20.8 Å². The van der Waals surface area contributed by atoms with Gasteiger partial charge in [0.05, 0.1) is 72.9 Å². The molecule has 12 aliphatic rings. The number of carbonyl (C=O) groups excluding carboxylic acids is 3. The van der Waals surface area contributed by atoms with Gasteiger partial charge in [0.15, 0.2) is 11.6 Å². The molecule has 0 aliphatic heterocycles. The summed E-state index contributed by atoms with van der Waals surface area (Å²) in [7, 11) is 0. The fraction of sp³-hybridized carbons (Fsp3) is 0.885. The molecular formula is C78H130BrN9O9S3. The van der Waals surface area contributed by atoms with Gasteiger partial charge < -0.3 is 29.5 Å². The molecule has 0 amide bonds. The largest absolute Gasteiger partial charge is 0.387 e. The molecule has 12 fully saturated rings. The molecule has 18 nitrogen and oxygen atoms in total. The average Bonchev–Trinajstić information content (AvgIpc) is 1.47. The molecule has 3 aromatic rings. The predicted molar refractivity (Wildman–Crippen MR) is 406 cm³/mol. The number of thiol groups is 3. The van der Waals surface area contributed by atoms with Crippen molar-refractivity contribution in [3.63, 3.8) is 0 Å². The standard InChI is InChI=1S/2C25H39N3O3.C23H37BrO3.C2H3N3.3CH4S/c1-3-31-16-25(30)11-9-18-17(14-25)4-5-20-19(18)8-10-24(2)21(20)6-7-22(24)23(29)15-28-13-12-26-27-28;1-3-31-16-25(30)11-9-18-17(14-25)4-5-20-19(18)8-10-24(2)21(20)6-7-22(24)23(29)15-28-26-12-13-27-28;1-3-27-14-23(26)11-9-16-15(12-23)4-5-18-17(16)8-10-22(2)19(18)6-7-20(22)21(25)13-24;1-2-4-5-3-1;3*1-2/h2*12-13,17-22,30H,3-11,14-16H2,1-2H3;15-20,26H,3-14H2,1-2H3;1-2H,(H,3,4,5);3*2H,1H3/t2*17-,18-,19+,20+,21-,22+,24-,25+;15-,16-,17+,18+,19-,20+,22-,23+;;;;/m000..../s1. The number of rotatable bonds is 17. The van der Waals surface area contributed by atoms with Crippen LogP contribution < -0.4 is 0 Å². The van der Waals surface area contributed by atoms with Crippen molar-refractivity contribution in [3.8, 4) is 0 Å². The van der Waals surface area contributed by atoms with Gasteiger partial charge in [0.1, 0.15) is 18.9 Å². The number of ether oxygens (including phenoxy) is 3. The first-order chi connectivity index (χ1) is 48.3. The number of nitrogens with zero attached hydrogens (tertiary/aromatic N) is 8. The third kappa shape index (κ3) is 18.0. The van der Waals surface area contributed by atoms with Gasteiger partial charge in [0.25, 0.3) is 0 Å². The Hall–Kier alpha value is -2.28. The van der Waals surface area contributed by atoms with Gasteiger partial charge in [0, 0.05) is 43.8 Å². The molecule has 3 heterocycles. The van der Waals surface area contributed by atoms with Gasteiger partial charge in [-0.15, -0.1) is 5.10 Å². The van der Waals surface area contributed by atoms with Gasteiger partial charge in [0.2, 0.25) is 0 Å². The number of alkyl halides is 1. The lowest BCUT2D eigenvalue weighted by atomic mass is 9.49. The fourth-order valence-electron chi connectivity index (χ4n) is 25.2. The average molecular weight is 1510 g/mol. The number of Topliss-reactive ketones (excluding diaryl/α,β-unsaturated/α-hetero) is 3. The second-order valence-electron chi connectivity index (χ2n) is 33.5. The molecular weight excluding hydrogens is 1380 g/mol. The topological polar surface area (TPSA) is 243 Å². The lowest BCUT2D eigenvalue weighted by molar-refractivity contribution is -0.138. The summed E-state index contributed by atoms with van der Waals surface area (Å²) < 4.78 is 18.5. The first-order valence-electron chi connectivity index (χ1n) is 39.1. The van der Waals surface area contributed by atoms with Gasteiger partial charge in [-0.25, -0.2) is 4.68 Å². The van der Waals surface area contributed by atoms with E-state index >= 15 is 0 Å². The SMILES string of the molecule is CCOC[C@@]1(O)CC[C@H]2[C@@H](CC[C@@H]3[C@@H]2CC[C@]2(C)[C@@H](C(=O)CBr)CC[C@@H]32)C1.CCOC[C@@]1(O)CC[C@H]2[C@@H](CC[C@@H]3[C@@H]2CC[C@]2(C)[C@@H](C(=O)Cn4ccnn4)CC[C@@H]32)C1.CCOC[C@@]1(O)CC[C@H]2[C@@H](CC[C@@H]3[C@@H]2CC[C@]2(C)[C@@H](C(=O)Cn4nccn4)CC[C@@H]32)C1.CS.CS.CS.c1cn[nH]n1. The Bertz CT molecular complexity index is 2800. The number of hydrogen-bond acceptors (Lipinski definition) is 18. The van der Waals surface area contributed by atoms with E-state index in [0.717, 1.165) is 130 Å². The minimum Gasteiger partial charge on any atom is -0.387 e. The molecule has 0 aromatic carbocycles. The molecule has 22 heteroatoms. The molecule has 0 saturated heterocycles. The molecule has 12 saturated carbocycles. The third-order valence-electron chi connectivity index (χ3n) is 29.2. The van der Waals surface area contributed by atoms with Crippen molar-refractivity contribution >= 4 is 71.2 Å². The molecule has 24 atom stereocenters. The van der Waals surface area contributed by atoms with Gasteiger partial charge >= 0.3 is 0 Å². The number of ketones is 3. The lowest BCUT2D eigenvalue weighted by Crippen LogP contribution is -2.52. The highest BCUT2D eigenvalue weighted by Crippen LogP contribution is 2.68. The van der Waals surface area contributed by atoms with Gasteiger partial charge in [-0.05, 0) is 318 Å². The van der Waals surface area contributed by atoms with Crippen LogP contribution in [0, 0.1) is 123 Å². The zero-order valence-corrected chi connectivity index (χ0v) is 66.7. The van der Waals surface area contributed by atoms with Crippen LogP contribution in [-0.2, 0) is 41.7 Å². The summed E-state index contributed by atoms with van der Waals surface area (Å²) in [5, 5.41) is 59.1. The van der Waals surface area contributed by atoms with Gasteiger partial charge in [-0.2, -0.15) is 68.3 Å². The summed E-state index contributed by atoms with van der Waals surface area (Å²) >= 11 is 14.0. The minimum absolute atomic E-state index is 0.141. The molecule has 0 unspecified atom stereocenters. The number of halogens is 1.